The third-order valence-corrected chi connectivity index (χ3v) is 6.27. The Hall–Kier alpha value is -3.29. The van der Waals surface area contributed by atoms with Gasteiger partial charge in [0.2, 0.25) is 0 Å². The largest absolute Gasteiger partial charge is 0.508 e. The maximum Gasteiger partial charge on any atom is 0.268 e. The zero-order valence-electron chi connectivity index (χ0n) is 20.9. The Morgan fingerprint density at radius 3 is 2.31 bits per heavy atom. The summed E-state index contributed by atoms with van der Waals surface area (Å²) in [6.45, 7) is 11.4. The van der Waals surface area contributed by atoms with Gasteiger partial charge in [-0.05, 0) is 55.2 Å². The second kappa shape index (κ2) is 10.5. The first-order valence-electron chi connectivity index (χ1n) is 12.2. The number of amides is 1. The second-order valence-corrected chi connectivity index (χ2v) is 9.67. The molecule has 3 N–H and O–H groups in total. The topological polar surface area (TPSA) is 87.0 Å². The van der Waals surface area contributed by atoms with E-state index in [1.807, 2.05) is 74.7 Å². The predicted octanol–water partition coefficient (Wildman–Crippen LogP) is 4.65. The lowest BCUT2D eigenvalue weighted by Gasteiger charge is -2.27. The summed E-state index contributed by atoms with van der Waals surface area (Å²) in [5.74, 6) is -0.0885. The van der Waals surface area contributed by atoms with Crippen LogP contribution in [-0.2, 0) is 11.3 Å². The molecule has 0 spiro atoms. The smallest absolute Gasteiger partial charge is 0.268 e. The number of morpholine rings is 1. The van der Waals surface area contributed by atoms with Crippen molar-refractivity contribution in [1.82, 2.24) is 14.8 Å². The lowest BCUT2D eigenvalue weighted by Crippen LogP contribution is -2.35. The Morgan fingerprint density at radius 1 is 1.00 bits per heavy atom. The van der Waals surface area contributed by atoms with Crippen LogP contribution in [0.5, 0.6) is 11.5 Å². The van der Waals surface area contributed by atoms with E-state index in [1.54, 1.807) is 0 Å². The van der Waals surface area contributed by atoms with Crippen LogP contribution < -0.4 is 5.32 Å². The average molecular weight is 478 g/mol. The van der Waals surface area contributed by atoms with E-state index in [4.69, 9.17) is 4.74 Å². The quantitative estimate of drug-likeness (QED) is 0.461. The van der Waals surface area contributed by atoms with Crippen LogP contribution >= 0.6 is 0 Å². The minimum Gasteiger partial charge on any atom is -0.508 e. The van der Waals surface area contributed by atoms with Crippen LogP contribution in [0.25, 0.3) is 16.9 Å². The number of carbonyl (C=O) groups excluding carboxylic acids is 1. The number of aromatic nitrogens is 1. The maximum absolute atomic E-state index is 13.4. The number of nitrogens with zero attached hydrogens (tertiary/aromatic N) is 2. The average Bonchev–Trinajstić information content (AvgIpc) is 3.18. The van der Waals surface area contributed by atoms with Crippen LogP contribution in [0.3, 0.4) is 0 Å². The third-order valence-electron chi connectivity index (χ3n) is 6.27. The molecule has 1 saturated heterocycles. The highest BCUT2D eigenvalue weighted by atomic mass is 16.5. The van der Waals surface area contributed by atoms with Crippen molar-refractivity contribution < 1.29 is 19.7 Å². The summed E-state index contributed by atoms with van der Waals surface area (Å²) in [4.78, 5) is 15.7. The maximum atomic E-state index is 13.4. The number of hydrogen-bond donors (Lipinski definition) is 3. The SMILES string of the molecule is CC(C)NC(=O)c1cc(CN2CCOCC2)c(-c2cc(C(C)C)c(O)cc2O)n1-c1ccccc1. The lowest BCUT2D eigenvalue weighted by atomic mass is 9.96. The number of phenolic OH excluding ortho intramolecular Hbond substituents is 2. The van der Waals surface area contributed by atoms with Gasteiger partial charge in [-0.3, -0.25) is 9.69 Å². The van der Waals surface area contributed by atoms with E-state index >= 15 is 0 Å². The van der Waals surface area contributed by atoms with Gasteiger partial charge in [-0.2, -0.15) is 0 Å². The normalized spacial score (nSPS) is 14.6. The molecule has 7 heteroatoms. The molecule has 0 radical (unpaired) electrons. The molecule has 35 heavy (non-hydrogen) atoms. The summed E-state index contributed by atoms with van der Waals surface area (Å²) in [5.41, 5.74) is 4.33. The number of carbonyl (C=O) groups is 1. The van der Waals surface area contributed by atoms with Crippen molar-refractivity contribution in [3.05, 3.63) is 65.4 Å². The van der Waals surface area contributed by atoms with Crippen LogP contribution in [0, 0.1) is 0 Å². The van der Waals surface area contributed by atoms with Crippen molar-refractivity contribution >= 4 is 5.91 Å². The zero-order chi connectivity index (χ0) is 25.1. The summed E-state index contributed by atoms with van der Waals surface area (Å²) in [5, 5.41) is 24.6. The highest BCUT2D eigenvalue weighted by molar-refractivity contribution is 5.96. The van der Waals surface area contributed by atoms with E-state index in [0.29, 0.717) is 31.0 Å². The van der Waals surface area contributed by atoms with Gasteiger partial charge in [0, 0.05) is 43.0 Å². The van der Waals surface area contributed by atoms with E-state index in [9.17, 15) is 15.0 Å². The number of rotatable bonds is 7. The highest BCUT2D eigenvalue weighted by Crippen LogP contribution is 2.41. The van der Waals surface area contributed by atoms with Crippen LogP contribution in [0.1, 0.15) is 55.2 Å². The number of ether oxygens (including phenoxy) is 1. The molecular weight excluding hydrogens is 442 g/mol. The van der Waals surface area contributed by atoms with Gasteiger partial charge in [-0.1, -0.05) is 32.0 Å². The minimum atomic E-state index is -0.180. The summed E-state index contributed by atoms with van der Waals surface area (Å²) < 4.78 is 7.45. The number of nitrogens with one attached hydrogen (secondary N) is 1. The Balaban J connectivity index is 1.99. The van der Waals surface area contributed by atoms with Gasteiger partial charge in [0.1, 0.15) is 17.2 Å². The fourth-order valence-corrected chi connectivity index (χ4v) is 4.57. The van der Waals surface area contributed by atoms with Gasteiger partial charge in [0.25, 0.3) is 5.91 Å². The first-order chi connectivity index (χ1) is 16.8. The predicted molar refractivity (Wildman–Crippen MR) is 137 cm³/mol. The molecule has 2 heterocycles. The van der Waals surface area contributed by atoms with Crippen molar-refractivity contribution in [2.75, 3.05) is 26.3 Å². The van der Waals surface area contributed by atoms with Crippen LogP contribution in [0.2, 0.25) is 0 Å². The van der Waals surface area contributed by atoms with Crippen LogP contribution in [0.4, 0.5) is 0 Å². The van der Waals surface area contributed by atoms with Crippen molar-refractivity contribution in [2.45, 2.75) is 46.2 Å². The van der Waals surface area contributed by atoms with Gasteiger partial charge in [0.15, 0.2) is 0 Å². The molecular formula is C28H35N3O4. The first kappa shape index (κ1) is 24.8. The minimum absolute atomic E-state index is 0.0256. The third kappa shape index (κ3) is 5.36. The van der Waals surface area contributed by atoms with Crippen molar-refractivity contribution in [2.24, 2.45) is 0 Å². The number of para-hydroxylation sites is 1. The van der Waals surface area contributed by atoms with Gasteiger partial charge in [-0.25, -0.2) is 0 Å². The van der Waals surface area contributed by atoms with Gasteiger partial charge >= 0.3 is 0 Å². The van der Waals surface area contributed by atoms with E-state index in [2.05, 4.69) is 10.2 Å². The van der Waals surface area contributed by atoms with E-state index in [-0.39, 0.29) is 29.4 Å². The fourth-order valence-electron chi connectivity index (χ4n) is 4.57. The Bertz CT molecular complexity index is 1180. The molecule has 0 saturated carbocycles. The number of aromatic hydroxyl groups is 2. The molecule has 1 fully saturated rings. The molecule has 1 aromatic heterocycles. The molecule has 0 aliphatic carbocycles. The molecule has 0 atom stereocenters. The van der Waals surface area contributed by atoms with Crippen molar-refractivity contribution in [1.29, 1.82) is 0 Å². The molecule has 1 aliphatic heterocycles. The van der Waals surface area contributed by atoms with Gasteiger partial charge < -0.3 is 24.8 Å². The summed E-state index contributed by atoms with van der Waals surface area (Å²) in [6.07, 6.45) is 0. The van der Waals surface area contributed by atoms with Gasteiger partial charge in [0.05, 0.1) is 18.9 Å². The molecule has 1 aliphatic rings. The van der Waals surface area contributed by atoms with Crippen LogP contribution in [-0.4, -0.2) is 57.9 Å². The number of hydrogen-bond acceptors (Lipinski definition) is 5. The van der Waals surface area contributed by atoms with Crippen molar-refractivity contribution in [3.8, 4) is 28.4 Å². The van der Waals surface area contributed by atoms with Crippen LogP contribution in [0.15, 0.2) is 48.5 Å². The van der Waals surface area contributed by atoms with E-state index in [1.165, 1.54) is 6.07 Å². The Morgan fingerprint density at radius 2 is 1.69 bits per heavy atom. The fraction of sp³-hybridized carbons (Fsp3) is 0.393. The molecule has 0 bridgehead atoms. The molecule has 3 aromatic rings. The molecule has 1 amide bonds. The summed E-state index contributed by atoms with van der Waals surface area (Å²) in [6, 6.07) is 14.9. The summed E-state index contributed by atoms with van der Waals surface area (Å²) in [7, 11) is 0. The standard InChI is InChI=1S/C28H35N3O4/c1-18(2)22-15-23(26(33)16-25(22)32)27-20(17-30-10-12-35-13-11-30)14-24(28(34)29-19(3)4)31(27)21-8-6-5-7-9-21/h5-9,14-16,18-19,32-33H,10-13,17H2,1-4H3,(H,29,34). The van der Waals surface area contributed by atoms with E-state index in [0.717, 1.165) is 35.6 Å². The molecule has 2 aromatic carbocycles. The second-order valence-electron chi connectivity index (χ2n) is 9.67. The highest BCUT2D eigenvalue weighted by Gasteiger charge is 2.27. The lowest BCUT2D eigenvalue weighted by molar-refractivity contribution is 0.0342. The first-order valence-corrected chi connectivity index (χ1v) is 12.2. The van der Waals surface area contributed by atoms with Gasteiger partial charge in [-0.15, -0.1) is 0 Å². The van der Waals surface area contributed by atoms with Crippen molar-refractivity contribution in [3.63, 3.8) is 0 Å². The Labute approximate surface area is 207 Å². The molecule has 186 valence electrons. The monoisotopic (exact) mass is 477 g/mol. The summed E-state index contributed by atoms with van der Waals surface area (Å²) >= 11 is 0. The van der Waals surface area contributed by atoms with E-state index < -0.39 is 0 Å². The Kier molecular flexibility index (Phi) is 7.48. The molecule has 7 nitrogen and oxygen atoms in total. The number of phenols is 2. The zero-order valence-corrected chi connectivity index (χ0v) is 20.9. The number of benzene rings is 2. The molecule has 4 rings (SSSR count). The molecule has 0 unspecified atom stereocenters.